The van der Waals surface area contributed by atoms with E-state index in [1.54, 1.807) is 0 Å². The van der Waals surface area contributed by atoms with Gasteiger partial charge < -0.3 is 20.7 Å². The highest BCUT2D eigenvalue weighted by atomic mass is 16.6. The summed E-state index contributed by atoms with van der Waals surface area (Å²) in [5.74, 6) is -0.116. The van der Waals surface area contributed by atoms with Crippen LogP contribution in [0, 0.1) is 5.92 Å². The van der Waals surface area contributed by atoms with E-state index in [0.29, 0.717) is 18.8 Å². The highest BCUT2D eigenvalue weighted by molar-refractivity contribution is 6.03. The minimum absolute atomic E-state index is 0.116. The Bertz CT molecular complexity index is 413. The highest BCUT2D eigenvalue weighted by Crippen LogP contribution is 2.21. The summed E-state index contributed by atoms with van der Waals surface area (Å²) in [5, 5.41) is 2.53. The van der Waals surface area contributed by atoms with E-state index in [4.69, 9.17) is 10.5 Å². The Kier molecular flexibility index (Phi) is 3.02. The summed E-state index contributed by atoms with van der Waals surface area (Å²) < 4.78 is 5.28. The molecule has 0 saturated carbocycles. The maximum Gasteiger partial charge on any atom is 0.410 e. The number of nitrogens with two attached hydrogens (primary N) is 1. The van der Waals surface area contributed by atoms with Crippen molar-refractivity contribution < 1.29 is 14.3 Å². The van der Waals surface area contributed by atoms with Crippen molar-refractivity contribution in [3.05, 3.63) is 0 Å². The molecule has 18 heavy (non-hydrogen) atoms. The fourth-order valence-corrected chi connectivity index (χ4v) is 2.03. The number of amides is 3. The lowest BCUT2D eigenvalue weighted by atomic mass is 10.0. The van der Waals surface area contributed by atoms with Gasteiger partial charge in [-0.05, 0) is 20.8 Å². The van der Waals surface area contributed by atoms with E-state index in [-0.39, 0.29) is 5.92 Å². The molecule has 0 bridgehead atoms. The smallest absolute Gasteiger partial charge is 0.410 e. The number of nitrogens with one attached hydrogen (secondary N) is 1. The molecular formula is C11H18N4O3. The number of hydrogen-bond acceptors (Lipinski definition) is 4. The van der Waals surface area contributed by atoms with E-state index in [1.165, 1.54) is 4.90 Å². The molecule has 0 aromatic carbocycles. The molecule has 1 fully saturated rings. The van der Waals surface area contributed by atoms with Gasteiger partial charge in [0.25, 0.3) is 0 Å². The van der Waals surface area contributed by atoms with Gasteiger partial charge in [-0.25, -0.2) is 14.6 Å². The van der Waals surface area contributed by atoms with E-state index >= 15 is 0 Å². The van der Waals surface area contributed by atoms with Crippen LogP contribution in [0.5, 0.6) is 0 Å². The summed E-state index contributed by atoms with van der Waals surface area (Å²) in [4.78, 5) is 28.5. The molecule has 0 radical (unpaired) electrons. The van der Waals surface area contributed by atoms with Crippen LogP contribution in [0.4, 0.5) is 9.59 Å². The first-order chi connectivity index (χ1) is 8.26. The maximum absolute atomic E-state index is 11.9. The van der Waals surface area contributed by atoms with Crippen molar-refractivity contribution in [3.63, 3.8) is 0 Å². The molecule has 7 heteroatoms. The quantitative estimate of drug-likeness (QED) is 0.649. The number of likely N-dealkylation sites (tertiary alicyclic amines) is 1. The van der Waals surface area contributed by atoms with Crippen molar-refractivity contribution in [2.24, 2.45) is 16.6 Å². The zero-order valence-electron chi connectivity index (χ0n) is 10.8. The molecule has 0 aromatic rings. The van der Waals surface area contributed by atoms with Crippen molar-refractivity contribution in [2.45, 2.75) is 32.5 Å². The second kappa shape index (κ2) is 4.24. The zero-order valence-corrected chi connectivity index (χ0v) is 10.8. The van der Waals surface area contributed by atoms with Crippen LogP contribution in [0.25, 0.3) is 0 Å². The maximum atomic E-state index is 11.9. The Morgan fingerprint density at radius 2 is 2.22 bits per heavy atom. The fourth-order valence-electron chi connectivity index (χ4n) is 2.03. The second-order valence-corrected chi connectivity index (χ2v) is 5.55. The first-order valence-corrected chi connectivity index (χ1v) is 5.88. The predicted molar refractivity (Wildman–Crippen MR) is 65.2 cm³/mol. The SMILES string of the molecule is CC(C)(C)OC(=O)N1CC2=NC(=O)NC(N)C2C1. The number of urea groups is 1. The van der Waals surface area contributed by atoms with E-state index < -0.39 is 23.9 Å². The second-order valence-electron chi connectivity index (χ2n) is 5.55. The average Bonchev–Trinajstić information content (AvgIpc) is 2.58. The van der Waals surface area contributed by atoms with Gasteiger partial charge in [0.05, 0.1) is 24.3 Å². The summed E-state index contributed by atoms with van der Waals surface area (Å²) in [6, 6.07) is -0.445. The first-order valence-electron chi connectivity index (χ1n) is 5.88. The van der Waals surface area contributed by atoms with Crippen LogP contribution in [0.2, 0.25) is 0 Å². The van der Waals surface area contributed by atoms with Crippen molar-refractivity contribution in [1.82, 2.24) is 10.2 Å². The Morgan fingerprint density at radius 1 is 1.56 bits per heavy atom. The molecule has 1 saturated heterocycles. The minimum Gasteiger partial charge on any atom is -0.444 e. The number of carbonyl (C=O) groups excluding carboxylic acids is 2. The molecule has 2 rings (SSSR count). The van der Waals surface area contributed by atoms with E-state index in [1.807, 2.05) is 20.8 Å². The van der Waals surface area contributed by atoms with Crippen molar-refractivity contribution in [1.29, 1.82) is 0 Å². The third-order valence-electron chi connectivity index (χ3n) is 2.82. The zero-order chi connectivity index (χ0) is 13.5. The summed E-state index contributed by atoms with van der Waals surface area (Å²) in [5.41, 5.74) is 5.92. The normalized spacial score (nSPS) is 27.4. The molecule has 0 aliphatic carbocycles. The summed E-state index contributed by atoms with van der Waals surface area (Å²) in [7, 11) is 0. The van der Waals surface area contributed by atoms with Crippen LogP contribution in [-0.4, -0.2) is 47.6 Å². The lowest BCUT2D eigenvalue weighted by Crippen LogP contribution is -2.52. The molecule has 2 unspecified atom stereocenters. The summed E-state index contributed by atoms with van der Waals surface area (Å²) in [6.07, 6.45) is -0.892. The third-order valence-corrected chi connectivity index (χ3v) is 2.82. The van der Waals surface area contributed by atoms with Gasteiger partial charge in [0.1, 0.15) is 5.60 Å². The number of hydrogen-bond donors (Lipinski definition) is 2. The van der Waals surface area contributed by atoms with Gasteiger partial charge in [0.2, 0.25) is 0 Å². The van der Waals surface area contributed by atoms with Gasteiger partial charge in [0.15, 0.2) is 0 Å². The van der Waals surface area contributed by atoms with E-state index in [0.717, 1.165) is 0 Å². The average molecular weight is 254 g/mol. The molecule has 3 amide bonds. The van der Waals surface area contributed by atoms with Crippen LogP contribution in [0.3, 0.4) is 0 Å². The van der Waals surface area contributed by atoms with Crippen LogP contribution < -0.4 is 11.1 Å². The van der Waals surface area contributed by atoms with Crippen molar-refractivity contribution in [2.75, 3.05) is 13.1 Å². The molecule has 0 aromatic heterocycles. The standard InChI is InChI=1S/C11H18N4O3/c1-11(2,3)18-10(17)15-4-6-7(5-15)13-9(16)14-8(6)12/h6,8H,4-5,12H2,1-3H3,(H,14,16). The Hall–Kier alpha value is -1.63. The molecule has 7 nitrogen and oxygen atoms in total. The summed E-state index contributed by atoms with van der Waals surface area (Å²) >= 11 is 0. The summed E-state index contributed by atoms with van der Waals surface area (Å²) in [6.45, 7) is 6.16. The molecule has 3 N–H and O–H groups in total. The molecule has 2 heterocycles. The lowest BCUT2D eigenvalue weighted by molar-refractivity contribution is 0.0290. The van der Waals surface area contributed by atoms with Gasteiger partial charge in [-0.1, -0.05) is 0 Å². The van der Waals surface area contributed by atoms with Crippen molar-refractivity contribution >= 4 is 17.8 Å². The predicted octanol–water partition coefficient (Wildman–Crippen LogP) is 0.302. The number of nitrogens with zero attached hydrogens (tertiary/aromatic N) is 2. The number of ether oxygens (including phenoxy) is 1. The minimum atomic E-state index is -0.539. The van der Waals surface area contributed by atoms with Crippen LogP contribution in [0.1, 0.15) is 20.8 Å². The topological polar surface area (TPSA) is 97.0 Å². The lowest BCUT2D eigenvalue weighted by Gasteiger charge is -2.25. The number of aliphatic imine (C=N–C) groups is 1. The number of carbonyl (C=O) groups is 2. The molecule has 2 aliphatic rings. The molecular weight excluding hydrogens is 236 g/mol. The van der Waals surface area contributed by atoms with Gasteiger partial charge in [-0.3, -0.25) is 0 Å². The van der Waals surface area contributed by atoms with Crippen LogP contribution in [-0.2, 0) is 4.74 Å². The van der Waals surface area contributed by atoms with Gasteiger partial charge in [-0.15, -0.1) is 0 Å². The number of rotatable bonds is 0. The molecule has 0 spiro atoms. The van der Waals surface area contributed by atoms with E-state index in [9.17, 15) is 9.59 Å². The van der Waals surface area contributed by atoms with Crippen LogP contribution in [0.15, 0.2) is 4.99 Å². The van der Waals surface area contributed by atoms with Crippen LogP contribution >= 0.6 is 0 Å². The molecule has 2 atom stereocenters. The van der Waals surface area contributed by atoms with E-state index in [2.05, 4.69) is 10.3 Å². The largest absolute Gasteiger partial charge is 0.444 e. The highest BCUT2D eigenvalue weighted by Gasteiger charge is 2.40. The number of fused-ring (bicyclic) bond motifs is 1. The Balaban J connectivity index is 2.06. The molecule has 2 aliphatic heterocycles. The van der Waals surface area contributed by atoms with Gasteiger partial charge in [0, 0.05) is 6.54 Å². The monoisotopic (exact) mass is 254 g/mol. The van der Waals surface area contributed by atoms with Gasteiger partial charge in [-0.2, -0.15) is 0 Å². The Morgan fingerprint density at radius 3 is 2.83 bits per heavy atom. The Labute approximate surface area is 105 Å². The third kappa shape index (κ3) is 2.61. The van der Waals surface area contributed by atoms with Crippen molar-refractivity contribution in [3.8, 4) is 0 Å². The molecule has 100 valence electrons. The van der Waals surface area contributed by atoms with Gasteiger partial charge >= 0.3 is 12.1 Å². The fraction of sp³-hybridized carbons (Fsp3) is 0.727. The first kappa shape index (κ1) is 12.8.